The molecule has 0 aliphatic heterocycles. The molecule has 0 amide bonds. The Morgan fingerprint density at radius 3 is 2.52 bits per heavy atom. The summed E-state index contributed by atoms with van der Waals surface area (Å²) in [5.41, 5.74) is 1.77. The minimum Gasteiger partial charge on any atom is -0.339 e. The van der Waals surface area contributed by atoms with E-state index >= 15 is 0 Å². The van der Waals surface area contributed by atoms with Gasteiger partial charge in [-0.2, -0.15) is 4.52 Å². The molecule has 0 spiro atoms. The van der Waals surface area contributed by atoms with Crippen LogP contribution >= 0.6 is 27.3 Å². The lowest BCUT2D eigenvalue weighted by Crippen LogP contribution is -2.05. The Balaban J connectivity index is 1.72. The first kappa shape index (κ1) is 18.2. The van der Waals surface area contributed by atoms with E-state index in [2.05, 4.69) is 36.5 Å². The topological polar surface area (TPSA) is 89.2 Å². The van der Waals surface area contributed by atoms with Gasteiger partial charge in [0, 0.05) is 10.2 Å². The van der Waals surface area contributed by atoms with Gasteiger partial charge in [0.15, 0.2) is 11.5 Å². The highest BCUT2D eigenvalue weighted by Gasteiger charge is 2.27. The lowest BCUT2D eigenvalue weighted by molar-refractivity contribution is 0.592. The number of thiophene rings is 1. The number of para-hydroxylation sites is 1. The zero-order valence-electron chi connectivity index (χ0n) is 14.7. The molecule has 0 aliphatic carbocycles. The van der Waals surface area contributed by atoms with Crippen LogP contribution in [0.5, 0.6) is 0 Å². The number of aromatic nitrogens is 4. The molecule has 0 saturated heterocycles. The third-order valence-electron chi connectivity index (χ3n) is 4.34. The summed E-state index contributed by atoms with van der Waals surface area (Å²) in [6.45, 7) is 0. The summed E-state index contributed by atoms with van der Waals surface area (Å²) in [6, 6.07) is 17.8. The first-order valence-electron chi connectivity index (χ1n) is 8.49. The minimum atomic E-state index is -3.88. The van der Waals surface area contributed by atoms with Crippen molar-refractivity contribution in [3.8, 4) is 0 Å². The summed E-state index contributed by atoms with van der Waals surface area (Å²) in [5.74, 6) is 0.559. The minimum absolute atomic E-state index is 0.132. The third-order valence-corrected chi connectivity index (χ3v) is 7.44. The van der Waals surface area contributed by atoms with Crippen molar-refractivity contribution in [3.63, 3.8) is 0 Å². The summed E-state index contributed by atoms with van der Waals surface area (Å²) < 4.78 is 29.5. The van der Waals surface area contributed by atoms with Gasteiger partial charge < -0.3 is 5.32 Å². The maximum Gasteiger partial charge on any atom is 0.229 e. The van der Waals surface area contributed by atoms with Gasteiger partial charge in [-0.1, -0.05) is 39.3 Å². The molecule has 0 fully saturated rings. The zero-order chi connectivity index (χ0) is 20.0. The molecule has 0 atom stereocenters. The van der Waals surface area contributed by atoms with Crippen molar-refractivity contribution in [1.29, 1.82) is 0 Å². The van der Waals surface area contributed by atoms with Crippen LogP contribution < -0.4 is 5.32 Å². The maximum absolute atomic E-state index is 13.2. The number of nitrogens with one attached hydrogen (secondary N) is 1. The van der Waals surface area contributed by atoms with Crippen molar-refractivity contribution in [2.24, 2.45) is 0 Å². The highest BCUT2D eigenvalue weighted by atomic mass is 79.9. The molecule has 0 saturated carbocycles. The second-order valence-corrected chi connectivity index (χ2v) is 9.87. The highest BCUT2D eigenvalue weighted by Crippen LogP contribution is 2.32. The Morgan fingerprint density at radius 1 is 1.00 bits per heavy atom. The van der Waals surface area contributed by atoms with Crippen LogP contribution in [0.25, 0.3) is 15.9 Å². The Labute approximate surface area is 178 Å². The molecule has 0 aliphatic rings. The van der Waals surface area contributed by atoms with E-state index in [1.54, 1.807) is 12.1 Å². The Morgan fingerprint density at radius 2 is 1.76 bits per heavy atom. The predicted molar refractivity (Wildman–Crippen MR) is 115 cm³/mol. The normalized spacial score (nSPS) is 11.9. The molecule has 5 rings (SSSR count). The number of benzene rings is 2. The first-order valence-corrected chi connectivity index (χ1v) is 11.6. The van der Waals surface area contributed by atoms with Crippen LogP contribution in [-0.2, 0) is 9.84 Å². The van der Waals surface area contributed by atoms with Crippen LogP contribution in [0.15, 0.2) is 80.4 Å². The van der Waals surface area contributed by atoms with Crippen LogP contribution in [-0.4, -0.2) is 28.2 Å². The van der Waals surface area contributed by atoms with Gasteiger partial charge in [0.1, 0.15) is 0 Å². The molecular weight excluding hydrogens is 474 g/mol. The fraction of sp³-hybridized carbons (Fsp3) is 0. The van der Waals surface area contributed by atoms with Crippen LogP contribution in [0.2, 0.25) is 0 Å². The van der Waals surface area contributed by atoms with E-state index in [0.717, 1.165) is 20.4 Å². The molecule has 0 bridgehead atoms. The highest BCUT2D eigenvalue weighted by molar-refractivity contribution is 9.10. The van der Waals surface area contributed by atoms with Crippen molar-refractivity contribution in [1.82, 2.24) is 19.8 Å². The fourth-order valence-corrected chi connectivity index (χ4v) is 5.28. The van der Waals surface area contributed by atoms with E-state index in [4.69, 9.17) is 0 Å². The van der Waals surface area contributed by atoms with E-state index in [1.165, 1.54) is 28.0 Å². The molecule has 0 unspecified atom stereocenters. The zero-order valence-corrected chi connectivity index (χ0v) is 17.9. The van der Waals surface area contributed by atoms with Crippen molar-refractivity contribution in [3.05, 3.63) is 70.5 Å². The summed E-state index contributed by atoms with van der Waals surface area (Å²) in [5, 5.41) is 13.0. The van der Waals surface area contributed by atoms with E-state index in [9.17, 15) is 8.42 Å². The quantitative estimate of drug-likeness (QED) is 0.397. The Bertz CT molecular complexity index is 1450. The number of hydrogen-bond acceptors (Lipinski definition) is 7. The molecule has 5 aromatic rings. The van der Waals surface area contributed by atoms with E-state index < -0.39 is 9.84 Å². The second kappa shape index (κ2) is 6.90. The number of halogens is 1. The van der Waals surface area contributed by atoms with E-state index in [0.29, 0.717) is 5.82 Å². The maximum atomic E-state index is 13.2. The summed E-state index contributed by atoms with van der Waals surface area (Å²) in [4.78, 5) is 4.72. The molecule has 3 heterocycles. The smallest absolute Gasteiger partial charge is 0.229 e. The number of anilines is 2. The van der Waals surface area contributed by atoms with Crippen LogP contribution in [0.3, 0.4) is 0 Å². The molecule has 1 N–H and O–H groups in total. The van der Waals surface area contributed by atoms with Gasteiger partial charge in [0.05, 0.1) is 15.1 Å². The van der Waals surface area contributed by atoms with Gasteiger partial charge in [-0.25, -0.2) is 13.4 Å². The van der Waals surface area contributed by atoms with Crippen LogP contribution in [0, 0.1) is 0 Å². The van der Waals surface area contributed by atoms with E-state index in [1.807, 2.05) is 41.8 Å². The lowest BCUT2D eigenvalue weighted by atomic mass is 10.3. The van der Waals surface area contributed by atoms with Gasteiger partial charge in [-0.3, -0.25) is 0 Å². The largest absolute Gasteiger partial charge is 0.339 e. The Hall–Kier alpha value is -2.82. The summed E-state index contributed by atoms with van der Waals surface area (Å²) >= 11 is 4.81. The monoisotopic (exact) mass is 485 g/mol. The van der Waals surface area contributed by atoms with Crippen molar-refractivity contribution in [2.45, 2.75) is 9.92 Å². The average Bonchev–Trinajstić information content (AvgIpc) is 3.36. The van der Waals surface area contributed by atoms with Crippen LogP contribution in [0.1, 0.15) is 0 Å². The number of nitrogens with zero attached hydrogens (tertiary/aromatic N) is 4. The molecular formula is C19H12BrN5O2S2. The van der Waals surface area contributed by atoms with Gasteiger partial charge in [0.2, 0.25) is 14.9 Å². The fourth-order valence-electron chi connectivity index (χ4n) is 2.97. The molecule has 10 heteroatoms. The van der Waals surface area contributed by atoms with Gasteiger partial charge in [0.25, 0.3) is 0 Å². The van der Waals surface area contributed by atoms with Gasteiger partial charge in [-0.05, 0) is 47.8 Å². The number of fused-ring (bicyclic) bond motifs is 3. The molecule has 0 radical (unpaired) electrons. The number of sulfone groups is 1. The van der Waals surface area contributed by atoms with Gasteiger partial charge >= 0.3 is 0 Å². The first-order chi connectivity index (χ1) is 14.0. The summed E-state index contributed by atoms with van der Waals surface area (Å²) in [6.07, 6.45) is 0. The molecule has 7 nitrogen and oxygen atoms in total. The number of hydrogen-bond donors (Lipinski definition) is 1. The predicted octanol–water partition coefficient (Wildman–Crippen LogP) is 4.68. The third kappa shape index (κ3) is 3.09. The Kier molecular flexibility index (Phi) is 4.34. The number of rotatable bonds is 4. The van der Waals surface area contributed by atoms with Crippen molar-refractivity contribution < 1.29 is 8.42 Å². The molecule has 144 valence electrons. The molecule has 3 aromatic heterocycles. The molecule has 2 aromatic carbocycles. The van der Waals surface area contributed by atoms with Gasteiger partial charge in [-0.15, -0.1) is 16.4 Å². The lowest BCUT2D eigenvalue weighted by Gasteiger charge is -2.08. The SMILES string of the molecule is O=S(=O)(c1ccc(Br)cc1)c1nnn2c1nc(Nc1ccccc1)c1sccc12. The van der Waals surface area contributed by atoms with Crippen molar-refractivity contribution >= 4 is 64.5 Å². The van der Waals surface area contributed by atoms with Crippen LogP contribution in [0.4, 0.5) is 11.5 Å². The van der Waals surface area contributed by atoms with E-state index in [-0.39, 0.29) is 15.6 Å². The standard InChI is InChI=1S/C19H12BrN5O2S2/c20-12-6-8-14(9-7-12)29(26,27)19-18-22-17(21-13-4-2-1-3-5-13)16-15(10-11-28-16)25(18)24-23-19/h1-11H,(H,21,22). The summed E-state index contributed by atoms with van der Waals surface area (Å²) in [7, 11) is -3.88. The average molecular weight is 486 g/mol. The molecule has 29 heavy (non-hydrogen) atoms. The van der Waals surface area contributed by atoms with Crippen molar-refractivity contribution in [2.75, 3.05) is 5.32 Å². The second-order valence-electron chi connectivity index (χ2n) is 6.17.